The van der Waals surface area contributed by atoms with Gasteiger partial charge in [0, 0.05) is 25.5 Å². The minimum Gasteiger partial charge on any atom is -0.395 e. The molecule has 0 aliphatic rings. The number of nitrogens with one attached hydrogen (secondary N) is 1. The zero-order valence-electron chi connectivity index (χ0n) is 15.2. The summed E-state index contributed by atoms with van der Waals surface area (Å²) in [4.78, 5) is 16.6. The van der Waals surface area contributed by atoms with Crippen LogP contribution in [-0.2, 0) is 13.2 Å². The van der Waals surface area contributed by atoms with Gasteiger partial charge in [0.2, 0.25) is 0 Å². The summed E-state index contributed by atoms with van der Waals surface area (Å²) in [6.07, 6.45) is -2.68. The largest absolute Gasteiger partial charge is 0.416 e. The van der Waals surface area contributed by atoms with Crippen molar-refractivity contribution in [2.45, 2.75) is 6.18 Å². The van der Waals surface area contributed by atoms with Crippen LogP contribution >= 0.6 is 0 Å². The van der Waals surface area contributed by atoms with Crippen LogP contribution in [0.5, 0.6) is 0 Å². The van der Waals surface area contributed by atoms with Gasteiger partial charge in [0.1, 0.15) is 11.2 Å². The van der Waals surface area contributed by atoms with E-state index in [2.05, 4.69) is 15.4 Å². The van der Waals surface area contributed by atoms with Crippen molar-refractivity contribution in [1.29, 1.82) is 0 Å². The highest BCUT2D eigenvalue weighted by Crippen LogP contribution is 2.33. The highest BCUT2D eigenvalue weighted by atomic mass is 19.4. The number of rotatable bonds is 4. The first kappa shape index (κ1) is 18.9. The van der Waals surface area contributed by atoms with Crippen LogP contribution in [0.1, 0.15) is 16.1 Å². The molecule has 0 aliphatic heterocycles. The number of hydrogen-bond donors (Lipinski definition) is 2. The lowest BCUT2D eigenvalue weighted by Gasteiger charge is -2.10. The van der Waals surface area contributed by atoms with Crippen LogP contribution < -0.4 is 5.32 Å². The second kappa shape index (κ2) is 6.89. The van der Waals surface area contributed by atoms with Gasteiger partial charge in [-0.15, -0.1) is 0 Å². The number of alkyl halides is 3. The standard InChI is InChI=1S/C19H16F3N5O2/c1-26-10-13-16-15(7-6-14(24-16)18(29)23-8-9-28)27(17(13)25-26)12-4-2-11(3-5-12)19(20,21)22/h2-7,10,28H,8-9H2,1H3,(H,23,29). The van der Waals surface area contributed by atoms with Crippen molar-refractivity contribution >= 4 is 28.0 Å². The average Bonchev–Trinajstić information content (AvgIpc) is 3.19. The molecule has 4 rings (SSSR count). The van der Waals surface area contributed by atoms with Crippen molar-refractivity contribution in [2.75, 3.05) is 13.2 Å². The number of aliphatic hydroxyl groups is 1. The number of benzene rings is 1. The lowest BCUT2D eigenvalue weighted by molar-refractivity contribution is -0.137. The molecule has 0 aliphatic carbocycles. The first-order valence-electron chi connectivity index (χ1n) is 8.71. The summed E-state index contributed by atoms with van der Waals surface area (Å²) >= 11 is 0. The number of nitrogens with zero attached hydrogens (tertiary/aromatic N) is 4. The maximum atomic E-state index is 12.9. The number of aliphatic hydroxyl groups excluding tert-OH is 1. The van der Waals surface area contributed by atoms with Crippen LogP contribution in [0.4, 0.5) is 13.2 Å². The number of aryl methyl sites for hydroxylation is 1. The van der Waals surface area contributed by atoms with Gasteiger partial charge in [-0.1, -0.05) is 0 Å². The van der Waals surface area contributed by atoms with Gasteiger partial charge in [0.25, 0.3) is 5.91 Å². The van der Waals surface area contributed by atoms with E-state index in [4.69, 9.17) is 5.11 Å². The van der Waals surface area contributed by atoms with Crippen molar-refractivity contribution in [3.05, 3.63) is 53.9 Å². The van der Waals surface area contributed by atoms with Gasteiger partial charge < -0.3 is 10.4 Å². The Hall–Kier alpha value is -3.40. The van der Waals surface area contributed by atoms with E-state index in [1.54, 1.807) is 28.6 Å². The molecule has 0 unspecified atom stereocenters. The highest BCUT2D eigenvalue weighted by molar-refractivity contribution is 6.07. The number of amides is 1. The van der Waals surface area contributed by atoms with Crippen molar-refractivity contribution in [1.82, 2.24) is 24.6 Å². The predicted octanol–water partition coefficient (Wildman–Crippen LogP) is 2.65. The molecule has 7 nitrogen and oxygen atoms in total. The van der Waals surface area contributed by atoms with Gasteiger partial charge in [0.15, 0.2) is 5.65 Å². The van der Waals surface area contributed by atoms with E-state index < -0.39 is 17.6 Å². The first-order chi connectivity index (χ1) is 13.8. The third kappa shape index (κ3) is 3.31. The molecule has 0 bridgehead atoms. The Bertz CT molecular complexity index is 1210. The maximum Gasteiger partial charge on any atom is 0.416 e. The smallest absolute Gasteiger partial charge is 0.395 e. The number of hydrogen-bond acceptors (Lipinski definition) is 4. The summed E-state index contributed by atoms with van der Waals surface area (Å²) in [5.74, 6) is -0.430. The molecule has 0 atom stereocenters. The summed E-state index contributed by atoms with van der Waals surface area (Å²) in [7, 11) is 1.72. The SMILES string of the molecule is Cn1cc2c3nc(C(=O)NCCO)ccc3n(-c3ccc(C(F)(F)F)cc3)c2n1. The molecule has 0 saturated carbocycles. The molecule has 3 heterocycles. The number of carbonyl (C=O) groups excluding carboxylic acids is 1. The lowest BCUT2D eigenvalue weighted by atomic mass is 10.2. The van der Waals surface area contributed by atoms with E-state index >= 15 is 0 Å². The van der Waals surface area contributed by atoms with Gasteiger partial charge in [-0.3, -0.25) is 14.0 Å². The molecule has 150 valence electrons. The molecule has 3 aromatic heterocycles. The lowest BCUT2D eigenvalue weighted by Crippen LogP contribution is -2.27. The zero-order valence-corrected chi connectivity index (χ0v) is 15.2. The molecule has 29 heavy (non-hydrogen) atoms. The fraction of sp³-hybridized carbons (Fsp3) is 0.211. The van der Waals surface area contributed by atoms with Crippen molar-refractivity contribution in [3.8, 4) is 5.69 Å². The Labute approximate surface area is 162 Å². The van der Waals surface area contributed by atoms with Crippen molar-refractivity contribution < 1.29 is 23.1 Å². The molecule has 1 amide bonds. The molecule has 2 N–H and O–H groups in total. The summed E-state index contributed by atoms with van der Waals surface area (Å²) in [5, 5.41) is 16.5. The van der Waals surface area contributed by atoms with Crippen LogP contribution in [0.25, 0.3) is 27.8 Å². The van der Waals surface area contributed by atoms with Crippen LogP contribution in [0.2, 0.25) is 0 Å². The normalized spacial score (nSPS) is 12.0. The highest BCUT2D eigenvalue weighted by Gasteiger charge is 2.30. The van der Waals surface area contributed by atoms with Crippen molar-refractivity contribution in [2.24, 2.45) is 7.05 Å². The summed E-state index contributed by atoms with van der Waals surface area (Å²) in [5.41, 5.74) is 1.56. The molecular weight excluding hydrogens is 387 g/mol. The van der Waals surface area contributed by atoms with Gasteiger partial charge in [-0.05, 0) is 36.4 Å². The van der Waals surface area contributed by atoms with E-state index in [0.717, 1.165) is 12.1 Å². The predicted molar refractivity (Wildman–Crippen MR) is 99.8 cm³/mol. The zero-order chi connectivity index (χ0) is 20.8. The minimum absolute atomic E-state index is 0.105. The topological polar surface area (TPSA) is 85.0 Å². The van der Waals surface area contributed by atoms with E-state index in [1.165, 1.54) is 18.2 Å². The van der Waals surface area contributed by atoms with Crippen LogP contribution in [-0.4, -0.2) is 43.5 Å². The minimum atomic E-state index is -4.42. The quantitative estimate of drug-likeness (QED) is 0.549. The van der Waals surface area contributed by atoms with E-state index in [1.807, 2.05) is 0 Å². The number of carbonyl (C=O) groups is 1. The number of halogens is 3. The van der Waals surface area contributed by atoms with Crippen LogP contribution in [0, 0.1) is 0 Å². The fourth-order valence-electron chi connectivity index (χ4n) is 3.20. The second-order valence-corrected chi connectivity index (χ2v) is 6.46. The van der Waals surface area contributed by atoms with Gasteiger partial charge in [-0.2, -0.15) is 18.3 Å². The van der Waals surface area contributed by atoms with E-state index in [0.29, 0.717) is 27.8 Å². The number of pyridine rings is 1. The fourth-order valence-corrected chi connectivity index (χ4v) is 3.20. The Morgan fingerprint density at radius 3 is 2.55 bits per heavy atom. The molecule has 0 spiro atoms. The van der Waals surface area contributed by atoms with Crippen LogP contribution in [0.15, 0.2) is 42.6 Å². The van der Waals surface area contributed by atoms with Crippen molar-refractivity contribution in [3.63, 3.8) is 0 Å². The van der Waals surface area contributed by atoms with Crippen LogP contribution in [0.3, 0.4) is 0 Å². The van der Waals surface area contributed by atoms with Gasteiger partial charge >= 0.3 is 6.18 Å². The average molecular weight is 403 g/mol. The molecule has 10 heteroatoms. The Morgan fingerprint density at radius 2 is 1.90 bits per heavy atom. The second-order valence-electron chi connectivity index (χ2n) is 6.46. The van der Waals surface area contributed by atoms with Gasteiger partial charge in [0.05, 0.1) is 23.1 Å². The van der Waals surface area contributed by atoms with Gasteiger partial charge in [-0.25, -0.2) is 4.98 Å². The number of fused-ring (bicyclic) bond motifs is 3. The monoisotopic (exact) mass is 403 g/mol. The Kier molecular flexibility index (Phi) is 4.50. The number of aromatic nitrogens is 4. The maximum absolute atomic E-state index is 12.9. The summed E-state index contributed by atoms with van der Waals surface area (Å²) in [6, 6.07) is 7.97. The molecule has 0 saturated heterocycles. The van der Waals surface area contributed by atoms with E-state index in [-0.39, 0.29) is 18.8 Å². The third-order valence-corrected chi connectivity index (χ3v) is 4.47. The molecule has 4 aromatic rings. The summed E-state index contributed by atoms with van der Waals surface area (Å²) in [6.45, 7) is -0.0848. The Balaban J connectivity index is 1.88. The van der Waals surface area contributed by atoms with E-state index in [9.17, 15) is 18.0 Å². The first-order valence-corrected chi connectivity index (χ1v) is 8.71. The molecular formula is C19H16F3N5O2. The molecule has 0 radical (unpaired) electrons. The molecule has 1 aromatic carbocycles. The molecule has 0 fully saturated rings. The Morgan fingerprint density at radius 1 is 1.17 bits per heavy atom. The summed E-state index contributed by atoms with van der Waals surface area (Å²) < 4.78 is 42.0. The third-order valence-electron chi connectivity index (χ3n) is 4.47.